The van der Waals surface area contributed by atoms with Gasteiger partial charge in [0, 0.05) is 44.5 Å². The molecular weight excluding hydrogens is 482 g/mol. The molecule has 206 valence electrons. The maximum absolute atomic E-state index is 14.0. The smallest absolute Gasteiger partial charge is 0.246 e. The van der Waals surface area contributed by atoms with Crippen LogP contribution in [0.5, 0.6) is 5.75 Å². The number of fused-ring (bicyclic) bond motifs is 1. The third kappa shape index (κ3) is 5.91. The molecule has 0 saturated carbocycles. The average Bonchev–Trinajstić information content (AvgIpc) is 3.45. The van der Waals surface area contributed by atoms with E-state index in [1.165, 1.54) is 6.07 Å². The summed E-state index contributed by atoms with van der Waals surface area (Å²) >= 11 is 0. The average molecular weight is 523 g/mol. The van der Waals surface area contributed by atoms with Crippen molar-refractivity contribution in [3.05, 3.63) is 29.8 Å². The summed E-state index contributed by atoms with van der Waals surface area (Å²) in [7, 11) is 1.70. The SMILES string of the molecule is CN[C@@H](C)C(=O)NC(C(=O)N1CC[C@@H]2[C@H]1[C@@H](Oc1ccc(F)c(F)c1)CN2C1CCOCC1)C(C)(C)C. The molecule has 3 heterocycles. The lowest BCUT2D eigenvalue weighted by Gasteiger charge is -2.37. The Morgan fingerprint density at radius 1 is 1.14 bits per heavy atom. The Labute approximate surface area is 218 Å². The third-order valence-electron chi connectivity index (χ3n) is 7.96. The predicted octanol–water partition coefficient (Wildman–Crippen LogP) is 2.32. The Morgan fingerprint density at radius 3 is 2.46 bits per heavy atom. The lowest BCUT2D eigenvalue weighted by molar-refractivity contribution is -0.141. The van der Waals surface area contributed by atoms with Crippen molar-refractivity contribution >= 4 is 11.8 Å². The van der Waals surface area contributed by atoms with Crippen LogP contribution in [0.15, 0.2) is 18.2 Å². The van der Waals surface area contributed by atoms with Crippen molar-refractivity contribution in [2.24, 2.45) is 5.41 Å². The molecule has 1 aromatic carbocycles. The minimum Gasteiger partial charge on any atom is -0.487 e. The molecule has 0 radical (unpaired) electrons. The number of hydrogen-bond donors (Lipinski definition) is 2. The number of nitrogens with zero attached hydrogens (tertiary/aromatic N) is 2. The summed E-state index contributed by atoms with van der Waals surface area (Å²) in [6.07, 6.45) is 2.16. The van der Waals surface area contributed by atoms with E-state index in [0.717, 1.165) is 31.4 Å². The quantitative estimate of drug-likeness (QED) is 0.572. The van der Waals surface area contributed by atoms with Gasteiger partial charge in [-0.25, -0.2) is 8.78 Å². The van der Waals surface area contributed by atoms with E-state index in [9.17, 15) is 18.4 Å². The summed E-state index contributed by atoms with van der Waals surface area (Å²) in [6.45, 7) is 10.1. The molecule has 8 nitrogen and oxygen atoms in total. The van der Waals surface area contributed by atoms with Crippen molar-refractivity contribution < 1.29 is 27.8 Å². The van der Waals surface area contributed by atoms with Gasteiger partial charge in [-0.2, -0.15) is 0 Å². The topological polar surface area (TPSA) is 83.1 Å². The Morgan fingerprint density at radius 2 is 1.84 bits per heavy atom. The van der Waals surface area contributed by atoms with Crippen LogP contribution in [0.25, 0.3) is 0 Å². The fraction of sp³-hybridized carbons (Fsp3) is 0.704. The lowest BCUT2D eigenvalue weighted by Crippen LogP contribution is -2.59. The predicted molar refractivity (Wildman–Crippen MR) is 135 cm³/mol. The summed E-state index contributed by atoms with van der Waals surface area (Å²) < 4.78 is 39.3. The van der Waals surface area contributed by atoms with Gasteiger partial charge in [-0.1, -0.05) is 20.8 Å². The molecule has 0 aliphatic carbocycles. The first kappa shape index (κ1) is 27.7. The monoisotopic (exact) mass is 522 g/mol. The highest BCUT2D eigenvalue weighted by Crippen LogP contribution is 2.38. The lowest BCUT2D eigenvalue weighted by atomic mass is 9.85. The van der Waals surface area contributed by atoms with Gasteiger partial charge in [0.1, 0.15) is 17.9 Å². The van der Waals surface area contributed by atoms with Crippen LogP contribution in [0.4, 0.5) is 8.78 Å². The number of benzene rings is 1. The molecule has 2 amide bonds. The van der Waals surface area contributed by atoms with Crippen LogP contribution < -0.4 is 15.4 Å². The third-order valence-corrected chi connectivity index (χ3v) is 7.96. The Bertz CT molecular complexity index is 982. The van der Waals surface area contributed by atoms with Gasteiger partial charge in [-0.3, -0.25) is 14.5 Å². The van der Waals surface area contributed by atoms with Crippen molar-refractivity contribution in [2.45, 2.75) is 83.3 Å². The number of nitrogens with one attached hydrogen (secondary N) is 2. The largest absolute Gasteiger partial charge is 0.487 e. The first-order valence-electron chi connectivity index (χ1n) is 13.2. The standard InChI is InChI=1S/C27H40F2N4O4/c1-16(30-5)25(34)31-24(27(2,3)4)26(35)32-11-8-21-23(32)22(15-33(21)17-9-12-36-13-10-17)37-18-6-7-19(28)20(29)14-18/h6-7,14,16-17,21-24,30H,8-13,15H2,1-5H3,(H,31,34)/t16-,21+,22-,23-,24?/m0/s1. The van der Waals surface area contributed by atoms with Gasteiger partial charge in [0.2, 0.25) is 11.8 Å². The van der Waals surface area contributed by atoms with Gasteiger partial charge in [0.05, 0.1) is 12.1 Å². The fourth-order valence-corrected chi connectivity index (χ4v) is 5.80. The Balaban J connectivity index is 1.61. The van der Waals surface area contributed by atoms with Crippen LogP contribution in [-0.4, -0.2) is 91.3 Å². The second-order valence-electron chi connectivity index (χ2n) is 11.5. The highest BCUT2D eigenvalue weighted by Gasteiger charge is 2.54. The molecule has 3 fully saturated rings. The second kappa shape index (κ2) is 11.2. The fourth-order valence-electron chi connectivity index (χ4n) is 5.80. The zero-order valence-electron chi connectivity index (χ0n) is 22.4. The molecular formula is C27H40F2N4O4. The van der Waals surface area contributed by atoms with Crippen LogP contribution in [0, 0.1) is 17.0 Å². The number of ether oxygens (including phenoxy) is 2. The second-order valence-corrected chi connectivity index (χ2v) is 11.5. The van der Waals surface area contributed by atoms with Crippen LogP contribution in [0.3, 0.4) is 0 Å². The van der Waals surface area contributed by atoms with E-state index >= 15 is 0 Å². The number of likely N-dealkylation sites (N-methyl/N-ethyl adjacent to an activating group) is 1. The molecule has 2 N–H and O–H groups in total. The maximum atomic E-state index is 14.0. The van der Waals surface area contributed by atoms with E-state index in [0.29, 0.717) is 32.3 Å². The van der Waals surface area contributed by atoms with E-state index < -0.39 is 35.2 Å². The number of carbonyl (C=O) groups excluding carboxylic acids is 2. The van der Waals surface area contributed by atoms with Gasteiger partial charge in [0.15, 0.2) is 11.6 Å². The molecule has 0 bridgehead atoms. The van der Waals surface area contributed by atoms with E-state index in [-0.39, 0.29) is 29.6 Å². The minimum atomic E-state index is -0.971. The number of halogens is 2. The molecule has 3 aliphatic rings. The van der Waals surface area contributed by atoms with Crippen LogP contribution >= 0.6 is 0 Å². The molecule has 37 heavy (non-hydrogen) atoms. The normalized spacial score (nSPS) is 26.6. The molecule has 10 heteroatoms. The van der Waals surface area contributed by atoms with Crippen molar-refractivity contribution in [2.75, 3.05) is 33.4 Å². The molecule has 1 aromatic rings. The van der Waals surface area contributed by atoms with Crippen LogP contribution in [-0.2, 0) is 14.3 Å². The molecule has 3 aliphatic heterocycles. The van der Waals surface area contributed by atoms with Crippen molar-refractivity contribution in [1.82, 2.24) is 20.4 Å². The molecule has 4 rings (SSSR count). The van der Waals surface area contributed by atoms with Gasteiger partial charge in [-0.05, 0) is 50.8 Å². The first-order chi connectivity index (χ1) is 17.5. The van der Waals surface area contributed by atoms with Crippen molar-refractivity contribution in [1.29, 1.82) is 0 Å². The van der Waals surface area contributed by atoms with E-state index in [4.69, 9.17) is 9.47 Å². The summed E-state index contributed by atoms with van der Waals surface area (Å²) in [5.74, 6) is -2.06. The minimum absolute atomic E-state index is 0.0786. The number of amides is 2. The van der Waals surface area contributed by atoms with E-state index in [1.807, 2.05) is 25.7 Å². The van der Waals surface area contributed by atoms with E-state index in [2.05, 4.69) is 15.5 Å². The summed E-state index contributed by atoms with van der Waals surface area (Å²) in [6, 6.07) is 2.48. The van der Waals surface area contributed by atoms with Crippen molar-refractivity contribution in [3.63, 3.8) is 0 Å². The van der Waals surface area contributed by atoms with Gasteiger partial charge in [0.25, 0.3) is 0 Å². The summed E-state index contributed by atoms with van der Waals surface area (Å²) in [4.78, 5) is 31.1. The van der Waals surface area contributed by atoms with Gasteiger partial charge < -0.3 is 25.0 Å². The first-order valence-corrected chi connectivity index (χ1v) is 13.2. The maximum Gasteiger partial charge on any atom is 0.246 e. The van der Waals surface area contributed by atoms with Gasteiger partial charge >= 0.3 is 0 Å². The molecule has 1 unspecified atom stereocenters. The van der Waals surface area contributed by atoms with Crippen LogP contribution in [0.1, 0.15) is 47.0 Å². The van der Waals surface area contributed by atoms with E-state index in [1.54, 1.807) is 14.0 Å². The van der Waals surface area contributed by atoms with Crippen molar-refractivity contribution in [3.8, 4) is 5.75 Å². The summed E-state index contributed by atoms with van der Waals surface area (Å²) in [5.41, 5.74) is -0.520. The van der Waals surface area contributed by atoms with Crippen LogP contribution in [0.2, 0.25) is 0 Å². The molecule has 0 aromatic heterocycles. The Hall–Kier alpha value is -2.30. The summed E-state index contributed by atoms with van der Waals surface area (Å²) in [5, 5.41) is 5.88. The number of carbonyl (C=O) groups is 2. The number of rotatable bonds is 7. The molecule has 3 saturated heterocycles. The number of likely N-dealkylation sites (tertiary alicyclic amines) is 2. The number of hydrogen-bond acceptors (Lipinski definition) is 6. The zero-order chi connectivity index (χ0) is 26.9. The van der Waals surface area contributed by atoms with Gasteiger partial charge in [-0.15, -0.1) is 0 Å². The zero-order valence-corrected chi connectivity index (χ0v) is 22.4. The molecule has 0 spiro atoms. The molecule has 5 atom stereocenters. The highest BCUT2D eigenvalue weighted by molar-refractivity contribution is 5.90. The highest BCUT2D eigenvalue weighted by atomic mass is 19.2. The Kier molecular flexibility index (Phi) is 8.40.